The third-order valence-corrected chi connectivity index (χ3v) is 4.49. The van der Waals surface area contributed by atoms with Gasteiger partial charge in [-0.25, -0.2) is 4.90 Å². The predicted molar refractivity (Wildman–Crippen MR) is 89.6 cm³/mol. The molecule has 4 heteroatoms. The highest BCUT2D eigenvalue weighted by Crippen LogP contribution is 2.40. The Morgan fingerprint density at radius 1 is 0.818 bits per heavy atom. The predicted octanol–water partition coefficient (Wildman–Crippen LogP) is 4.38. The Balaban J connectivity index is 2.07. The van der Waals surface area contributed by atoms with Gasteiger partial charge in [0.2, 0.25) is 0 Å². The lowest BCUT2D eigenvalue weighted by molar-refractivity contribution is 0.0925. The molecule has 112 valence electrons. The molecule has 1 aliphatic heterocycles. The highest BCUT2D eigenvalue weighted by molar-refractivity contribution is 8.00. The maximum atomic E-state index is 12.6. The van der Waals surface area contributed by atoms with Gasteiger partial charge in [0.1, 0.15) is 0 Å². The Bertz CT molecular complexity index is 727. The normalized spacial score (nSPS) is 14.4. The maximum absolute atomic E-state index is 12.6. The quantitative estimate of drug-likeness (QED) is 0.610. The molecule has 0 fully saturated rings. The molecule has 0 saturated heterocycles. The minimum atomic E-state index is -0.248. The van der Waals surface area contributed by atoms with Gasteiger partial charge in [-0.15, -0.1) is 11.8 Å². The number of para-hydroxylation sites is 1. The van der Waals surface area contributed by atoms with Crippen LogP contribution in [0.25, 0.3) is 0 Å². The number of thioether (sulfide) groups is 1. The molecule has 3 nitrogen and oxygen atoms in total. The van der Waals surface area contributed by atoms with E-state index in [4.69, 9.17) is 0 Å². The topological polar surface area (TPSA) is 37.4 Å². The van der Waals surface area contributed by atoms with E-state index in [1.807, 2.05) is 24.3 Å². The van der Waals surface area contributed by atoms with Gasteiger partial charge in [-0.3, -0.25) is 9.59 Å². The van der Waals surface area contributed by atoms with Gasteiger partial charge in [0.05, 0.1) is 16.8 Å². The van der Waals surface area contributed by atoms with Crippen LogP contribution in [0, 0.1) is 0 Å². The summed E-state index contributed by atoms with van der Waals surface area (Å²) in [6.07, 6.45) is 0. The fourth-order valence-electron chi connectivity index (χ4n) is 2.47. The largest absolute Gasteiger partial charge is 0.268 e. The Hall–Kier alpha value is -2.07. The van der Waals surface area contributed by atoms with Crippen LogP contribution in [0.1, 0.15) is 41.5 Å². The van der Waals surface area contributed by atoms with Gasteiger partial charge in [-0.1, -0.05) is 45.0 Å². The van der Waals surface area contributed by atoms with Crippen molar-refractivity contribution in [1.82, 2.24) is 0 Å². The van der Waals surface area contributed by atoms with Crippen molar-refractivity contribution in [3.05, 3.63) is 59.7 Å². The van der Waals surface area contributed by atoms with Crippen LogP contribution >= 0.6 is 11.8 Å². The zero-order valence-corrected chi connectivity index (χ0v) is 13.6. The van der Waals surface area contributed by atoms with Crippen molar-refractivity contribution in [2.24, 2.45) is 0 Å². The van der Waals surface area contributed by atoms with E-state index in [9.17, 15) is 9.59 Å². The van der Waals surface area contributed by atoms with Crippen LogP contribution in [0.5, 0.6) is 0 Å². The number of imide groups is 1. The van der Waals surface area contributed by atoms with Gasteiger partial charge in [0, 0.05) is 9.64 Å². The average Bonchev–Trinajstić information content (AvgIpc) is 2.71. The van der Waals surface area contributed by atoms with E-state index >= 15 is 0 Å². The summed E-state index contributed by atoms with van der Waals surface area (Å²) in [6, 6.07) is 14.5. The summed E-state index contributed by atoms with van der Waals surface area (Å²) < 4.78 is -0.00518. The number of rotatable bonds is 2. The van der Waals surface area contributed by atoms with Crippen molar-refractivity contribution in [1.29, 1.82) is 0 Å². The zero-order valence-electron chi connectivity index (χ0n) is 12.8. The van der Waals surface area contributed by atoms with Crippen molar-refractivity contribution in [2.75, 3.05) is 4.90 Å². The van der Waals surface area contributed by atoms with E-state index in [1.165, 1.54) is 4.90 Å². The molecule has 0 aromatic heterocycles. The molecule has 0 N–H and O–H groups in total. The minimum absolute atomic E-state index is 0.00518. The first-order chi connectivity index (χ1) is 10.4. The summed E-state index contributed by atoms with van der Waals surface area (Å²) in [5.74, 6) is -0.495. The zero-order chi connectivity index (χ0) is 15.9. The smallest absolute Gasteiger partial charge is 0.266 e. The first kappa shape index (κ1) is 14.9. The maximum Gasteiger partial charge on any atom is 0.266 e. The van der Waals surface area contributed by atoms with Crippen LogP contribution in [0.15, 0.2) is 53.4 Å². The second-order valence-corrected chi connectivity index (χ2v) is 8.04. The van der Waals surface area contributed by atoms with E-state index in [2.05, 4.69) is 20.8 Å². The highest BCUT2D eigenvalue weighted by Gasteiger charge is 2.37. The lowest BCUT2D eigenvalue weighted by Gasteiger charge is -2.23. The molecule has 0 spiro atoms. The lowest BCUT2D eigenvalue weighted by atomic mass is 10.1. The standard InChI is InChI=1S/C18H17NO2S/c1-18(2,3)22-15-11-7-6-10-14(15)19-16(20)12-8-4-5-9-13(12)17(19)21/h4-11H,1-3H3. The number of carbonyl (C=O) groups excluding carboxylic acids is 2. The summed E-state index contributed by atoms with van der Waals surface area (Å²) in [6.45, 7) is 6.32. The third-order valence-electron chi connectivity index (χ3n) is 3.32. The fourth-order valence-corrected chi connectivity index (χ4v) is 3.54. The summed E-state index contributed by atoms with van der Waals surface area (Å²) in [5, 5.41) is 0. The van der Waals surface area contributed by atoms with Gasteiger partial charge in [0.15, 0.2) is 0 Å². The molecule has 22 heavy (non-hydrogen) atoms. The molecule has 0 radical (unpaired) electrons. The minimum Gasteiger partial charge on any atom is -0.268 e. The van der Waals surface area contributed by atoms with Crippen molar-refractivity contribution in [3.8, 4) is 0 Å². The number of anilines is 1. The molecule has 0 bridgehead atoms. The molecule has 2 aromatic carbocycles. The fraction of sp³-hybridized carbons (Fsp3) is 0.222. The second kappa shape index (κ2) is 5.29. The lowest BCUT2D eigenvalue weighted by Crippen LogP contribution is -2.30. The molecule has 1 aliphatic rings. The number of nitrogens with zero attached hydrogens (tertiary/aromatic N) is 1. The Morgan fingerprint density at radius 2 is 1.32 bits per heavy atom. The van der Waals surface area contributed by atoms with Crippen LogP contribution in [0.4, 0.5) is 5.69 Å². The van der Waals surface area contributed by atoms with E-state index in [0.717, 1.165) is 4.90 Å². The number of amides is 2. The van der Waals surface area contributed by atoms with Crippen LogP contribution in [0.3, 0.4) is 0 Å². The van der Waals surface area contributed by atoms with E-state index in [0.29, 0.717) is 16.8 Å². The second-order valence-electron chi connectivity index (χ2n) is 6.17. The number of fused-ring (bicyclic) bond motifs is 1. The monoisotopic (exact) mass is 311 g/mol. The third kappa shape index (κ3) is 2.55. The number of hydrogen-bond acceptors (Lipinski definition) is 3. The Kier molecular flexibility index (Phi) is 3.57. The van der Waals surface area contributed by atoms with E-state index in [1.54, 1.807) is 36.0 Å². The molecular formula is C18H17NO2S. The Morgan fingerprint density at radius 3 is 1.86 bits per heavy atom. The van der Waals surface area contributed by atoms with Crippen LogP contribution < -0.4 is 4.90 Å². The molecule has 1 heterocycles. The first-order valence-corrected chi connectivity index (χ1v) is 7.96. The number of carbonyl (C=O) groups is 2. The first-order valence-electron chi connectivity index (χ1n) is 7.14. The van der Waals surface area contributed by atoms with Gasteiger partial charge in [-0.05, 0) is 24.3 Å². The molecule has 2 aromatic rings. The van der Waals surface area contributed by atoms with Gasteiger partial charge in [-0.2, -0.15) is 0 Å². The van der Waals surface area contributed by atoms with Crippen molar-refractivity contribution in [2.45, 2.75) is 30.4 Å². The molecule has 0 unspecified atom stereocenters. The average molecular weight is 311 g/mol. The number of benzene rings is 2. The van der Waals surface area contributed by atoms with Gasteiger partial charge in [0.25, 0.3) is 11.8 Å². The van der Waals surface area contributed by atoms with Crippen molar-refractivity contribution < 1.29 is 9.59 Å². The van der Waals surface area contributed by atoms with E-state index < -0.39 is 0 Å². The molecule has 0 atom stereocenters. The van der Waals surface area contributed by atoms with Crippen LogP contribution in [0.2, 0.25) is 0 Å². The molecular weight excluding hydrogens is 294 g/mol. The van der Waals surface area contributed by atoms with Crippen molar-refractivity contribution in [3.63, 3.8) is 0 Å². The SMILES string of the molecule is CC(C)(C)Sc1ccccc1N1C(=O)c2ccccc2C1=O. The molecule has 2 amide bonds. The molecule has 0 saturated carbocycles. The Labute approximate surface area is 134 Å². The highest BCUT2D eigenvalue weighted by atomic mass is 32.2. The van der Waals surface area contributed by atoms with Crippen molar-refractivity contribution >= 4 is 29.3 Å². The van der Waals surface area contributed by atoms with Crippen LogP contribution in [-0.2, 0) is 0 Å². The van der Waals surface area contributed by atoms with Gasteiger partial charge < -0.3 is 0 Å². The number of hydrogen-bond donors (Lipinski definition) is 0. The molecule has 0 aliphatic carbocycles. The van der Waals surface area contributed by atoms with E-state index in [-0.39, 0.29) is 16.6 Å². The summed E-state index contributed by atoms with van der Waals surface area (Å²) in [4.78, 5) is 27.5. The van der Waals surface area contributed by atoms with Gasteiger partial charge >= 0.3 is 0 Å². The molecule has 3 rings (SSSR count). The summed E-state index contributed by atoms with van der Waals surface area (Å²) in [5.41, 5.74) is 1.61. The van der Waals surface area contributed by atoms with Crippen LogP contribution in [-0.4, -0.2) is 16.6 Å². The summed E-state index contributed by atoms with van der Waals surface area (Å²) in [7, 11) is 0. The summed E-state index contributed by atoms with van der Waals surface area (Å²) >= 11 is 1.65.